The lowest BCUT2D eigenvalue weighted by molar-refractivity contribution is 0.0472. The van der Waals surface area contributed by atoms with Gasteiger partial charge in [-0.05, 0) is 0 Å². The molecule has 0 radical (unpaired) electrons. The van der Waals surface area contributed by atoms with E-state index in [1.807, 2.05) is 0 Å². The van der Waals surface area contributed by atoms with Gasteiger partial charge in [0, 0.05) is 0 Å². The molecule has 56 valence electrons. The second-order valence-electron chi connectivity index (χ2n) is 1.35. The molecule has 0 aromatic carbocycles. The van der Waals surface area contributed by atoms with Crippen molar-refractivity contribution >= 4 is 15.9 Å². The summed E-state index contributed by atoms with van der Waals surface area (Å²) in [6.45, 7) is 1.59. The highest BCUT2D eigenvalue weighted by molar-refractivity contribution is 9.09. The summed E-state index contributed by atoms with van der Waals surface area (Å²) < 4.78 is 9.78. The Bertz CT molecular complexity index is 45.5. The summed E-state index contributed by atoms with van der Waals surface area (Å²) in [7, 11) is 0. The molecule has 0 aromatic heterocycles. The first-order valence-electron chi connectivity index (χ1n) is 2.74. The molecule has 0 saturated carbocycles. The molecule has 3 nitrogen and oxygen atoms in total. The largest absolute Gasteiger partial charge is 0.394 e. The highest BCUT2D eigenvalue weighted by Gasteiger charge is 1.84. The Hall–Kier alpha value is 0.360. The standard InChI is InChI=1S/C5H11BrO3/c6-5-9-4-3-8-2-1-7/h7H,1-5H2. The van der Waals surface area contributed by atoms with E-state index in [0.29, 0.717) is 25.3 Å². The molecule has 0 aliphatic rings. The van der Waals surface area contributed by atoms with Gasteiger partial charge in [-0.25, -0.2) is 0 Å². The van der Waals surface area contributed by atoms with Gasteiger partial charge in [0.15, 0.2) is 0 Å². The maximum Gasteiger partial charge on any atom is 0.102 e. The quantitative estimate of drug-likeness (QED) is 0.496. The minimum atomic E-state index is 0.0777. The molecule has 0 aliphatic heterocycles. The molecule has 0 spiro atoms. The van der Waals surface area contributed by atoms with E-state index in [1.165, 1.54) is 0 Å². The molecule has 4 heteroatoms. The van der Waals surface area contributed by atoms with Gasteiger partial charge in [0.1, 0.15) is 5.52 Å². The van der Waals surface area contributed by atoms with E-state index in [1.54, 1.807) is 0 Å². The summed E-state index contributed by atoms with van der Waals surface area (Å²) in [5, 5.41) is 8.25. The SMILES string of the molecule is OCCOCCOCBr. The van der Waals surface area contributed by atoms with E-state index in [0.717, 1.165) is 0 Å². The monoisotopic (exact) mass is 198 g/mol. The van der Waals surface area contributed by atoms with Crippen LogP contribution in [0.3, 0.4) is 0 Å². The number of aliphatic hydroxyl groups is 1. The Balaban J connectivity index is 2.60. The summed E-state index contributed by atoms with van der Waals surface area (Å²) in [5.41, 5.74) is 0.537. The van der Waals surface area contributed by atoms with E-state index < -0.39 is 0 Å². The van der Waals surface area contributed by atoms with E-state index in [2.05, 4.69) is 15.9 Å². The molecular weight excluding hydrogens is 188 g/mol. The van der Waals surface area contributed by atoms with Gasteiger partial charge in [-0.3, -0.25) is 0 Å². The molecule has 9 heavy (non-hydrogen) atoms. The number of ether oxygens (including phenoxy) is 2. The van der Waals surface area contributed by atoms with Crippen molar-refractivity contribution < 1.29 is 14.6 Å². The zero-order chi connectivity index (χ0) is 6.95. The van der Waals surface area contributed by atoms with E-state index in [4.69, 9.17) is 14.6 Å². The Morgan fingerprint density at radius 1 is 1.11 bits per heavy atom. The Kier molecular flexibility index (Phi) is 8.69. The number of rotatable bonds is 6. The summed E-state index contributed by atoms with van der Waals surface area (Å²) in [6, 6.07) is 0. The van der Waals surface area contributed by atoms with Crippen LogP contribution in [0.4, 0.5) is 0 Å². The van der Waals surface area contributed by atoms with Gasteiger partial charge in [-0.2, -0.15) is 0 Å². The molecule has 0 unspecified atom stereocenters. The van der Waals surface area contributed by atoms with Crippen LogP contribution in [-0.2, 0) is 9.47 Å². The molecule has 0 heterocycles. The maximum atomic E-state index is 8.25. The molecule has 0 aromatic rings. The summed E-state index contributed by atoms with van der Waals surface area (Å²) >= 11 is 3.09. The van der Waals surface area contributed by atoms with Crippen LogP contribution in [-0.4, -0.2) is 37.1 Å². The lowest BCUT2D eigenvalue weighted by Crippen LogP contribution is -2.06. The molecule has 0 atom stereocenters. The van der Waals surface area contributed by atoms with E-state index in [9.17, 15) is 0 Å². The van der Waals surface area contributed by atoms with Gasteiger partial charge in [-0.15, -0.1) is 0 Å². The first kappa shape index (κ1) is 9.36. The molecule has 0 fully saturated rings. The Morgan fingerprint density at radius 3 is 2.33 bits per heavy atom. The van der Waals surface area contributed by atoms with Gasteiger partial charge >= 0.3 is 0 Å². The van der Waals surface area contributed by atoms with Crippen molar-refractivity contribution in [2.24, 2.45) is 0 Å². The van der Waals surface area contributed by atoms with Gasteiger partial charge in [0.2, 0.25) is 0 Å². The maximum absolute atomic E-state index is 8.25. The molecule has 1 N–H and O–H groups in total. The fraction of sp³-hybridized carbons (Fsp3) is 1.00. The number of hydrogen-bond acceptors (Lipinski definition) is 3. The number of hydrogen-bond donors (Lipinski definition) is 1. The fourth-order valence-electron chi connectivity index (χ4n) is 0.339. The molecule has 0 amide bonds. The Labute approximate surface area is 63.1 Å². The van der Waals surface area contributed by atoms with Gasteiger partial charge in [0.25, 0.3) is 0 Å². The topological polar surface area (TPSA) is 38.7 Å². The van der Waals surface area contributed by atoms with Crippen molar-refractivity contribution in [3.8, 4) is 0 Å². The van der Waals surface area contributed by atoms with Gasteiger partial charge in [-0.1, -0.05) is 15.9 Å². The third kappa shape index (κ3) is 8.36. The van der Waals surface area contributed by atoms with Crippen molar-refractivity contribution in [3.05, 3.63) is 0 Å². The molecule has 0 saturated heterocycles. The van der Waals surface area contributed by atoms with E-state index >= 15 is 0 Å². The molecular formula is C5H11BrO3. The second kappa shape index (κ2) is 8.36. The summed E-state index contributed by atoms with van der Waals surface area (Å²) in [4.78, 5) is 0. The lowest BCUT2D eigenvalue weighted by atomic mass is 10.7. The highest BCUT2D eigenvalue weighted by Crippen LogP contribution is 1.82. The van der Waals surface area contributed by atoms with Crippen LogP contribution in [0.25, 0.3) is 0 Å². The second-order valence-corrected chi connectivity index (χ2v) is 1.81. The fourth-order valence-corrected chi connectivity index (χ4v) is 0.568. The third-order valence-electron chi connectivity index (χ3n) is 0.685. The predicted molar refractivity (Wildman–Crippen MR) is 37.7 cm³/mol. The Morgan fingerprint density at radius 2 is 1.78 bits per heavy atom. The van der Waals surface area contributed by atoms with Crippen LogP contribution >= 0.6 is 15.9 Å². The van der Waals surface area contributed by atoms with Gasteiger partial charge in [0.05, 0.1) is 26.4 Å². The zero-order valence-electron chi connectivity index (χ0n) is 5.18. The van der Waals surface area contributed by atoms with E-state index in [-0.39, 0.29) is 6.61 Å². The first-order chi connectivity index (χ1) is 4.41. The minimum absolute atomic E-state index is 0.0777. The van der Waals surface area contributed by atoms with Crippen LogP contribution in [0, 0.1) is 0 Å². The average molecular weight is 199 g/mol. The van der Waals surface area contributed by atoms with Crippen molar-refractivity contribution in [2.45, 2.75) is 0 Å². The normalized spacial score (nSPS) is 10.0. The van der Waals surface area contributed by atoms with Gasteiger partial charge < -0.3 is 14.6 Å². The molecule has 0 rings (SSSR count). The van der Waals surface area contributed by atoms with Crippen LogP contribution in [0.15, 0.2) is 0 Å². The van der Waals surface area contributed by atoms with Crippen LogP contribution in [0.5, 0.6) is 0 Å². The molecule has 0 bridgehead atoms. The molecule has 0 aliphatic carbocycles. The number of alkyl halides is 1. The first-order valence-corrected chi connectivity index (χ1v) is 3.86. The smallest absolute Gasteiger partial charge is 0.102 e. The number of halogens is 1. The predicted octanol–water partition coefficient (Wildman–Crippen LogP) is 0.364. The van der Waals surface area contributed by atoms with Crippen molar-refractivity contribution in [1.29, 1.82) is 0 Å². The average Bonchev–Trinajstić information content (AvgIpc) is 1.89. The van der Waals surface area contributed by atoms with Crippen molar-refractivity contribution in [1.82, 2.24) is 0 Å². The summed E-state index contributed by atoms with van der Waals surface area (Å²) in [6.07, 6.45) is 0. The highest BCUT2D eigenvalue weighted by atomic mass is 79.9. The minimum Gasteiger partial charge on any atom is -0.394 e. The van der Waals surface area contributed by atoms with Crippen LogP contribution < -0.4 is 0 Å². The van der Waals surface area contributed by atoms with Crippen molar-refractivity contribution in [2.75, 3.05) is 31.9 Å². The lowest BCUT2D eigenvalue weighted by Gasteiger charge is -1.99. The zero-order valence-corrected chi connectivity index (χ0v) is 6.76. The van der Waals surface area contributed by atoms with Crippen molar-refractivity contribution in [3.63, 3.8) is 0 Å². The number of aliphatic hydroxyl groups excluding tert-OH is 1. The van der Waals surface area contributed by atoms with Crippen LogP contribution in [0.1, 0.15) is 0 Å². The third-order valence-corrected chi connectivity index (χ3v) is 1.01. The van der Waals surface area contributed by atoms with Crippen LogP contribution in [0.2, 0.25) is 0 Å². The summed E-state index contributed by atoms with van der Waals surface area (Å²) in [5.74, 6) is 0.